The van der Waals surface area contributed by atoms with E-state index in [2.05, 4.69) is 36.2 Å². The molecule has 0 bridgehead atoms. The first-order chi connectivity index (χ1) is 14.3. The van der Waals surface area contributed by atoms with Crippen molar-refractivity contribution in [2.45, 2.75) is 45.2 Å². The molecular formula is C24H32N2O3S. The molecule has 0 aromatic heterocycles. The van der Waals surface area contributed by atoms with Crippen LogP contribution in [0.25, 0.3) is 0 Å². The Labute approximate surface area is 180 Å². The van der Waals surface area contributed by atoms with Crippen LogP contribution in [-0.2, 0) is 22.9 Å². The fourth-order valence-corrected chi connectivity index (χ4v) is 5.39. The third-order valence-corrected chi connectivity index (χ3v) is 7.46. The molecule has 0 spiro atoms. The number of benzene rings is 2. The van der Waals surface area contributed by atoms with Gasteiger partial charge in [-0.2, -0.15) is 0 Å². The van der Waals surface area contributed by atoms with Crippen LogP contribution in [0.2, 0.25) is 0 Å². The molecule has 0 unspecified atom stereocenters. The molecule has 3 rings (SSSR count). The molecule has 1 aliphatic heterocycles. The summed E-state index contributed by atoms with van der Waals surface area (Å²) in [5.74, 6) is 1.07. The van der Waals surface area contributed by atoms with E-state index in [1.807, 2.05) is 12.1 Å². The van der Waals surface area contributed by atoms with Crippen molar-refractivity contribution in [1.82, 2.24) is 10.2 Å². The molecule has 1 N–H and O–H groups in total. The quantitative estimate of drug-likeness (QED) is 0.727. The summed E-state index contributed by atoms with van der Waals surface area (Å²) >= 11 is 0. The van der Waals surface area contributed by atoms with Gasteiger partial charge in [0.05, 0.1) is 16.2 Å². The predicted molar refractivity (Wildman–Crippen MR) is 120 cm³/mol. The summed E-state index contributed by atoms with van der Waals surface area (Å²) in [5, 5.41) is 2.85. The van der Waals surface area contributed by atoms with E-state index >= 15 is 0 Å². The standard InChI is InChI=1S/C24H32N2O3S/c1-4-30(28,29)23-8-6-5-7-22(23)24(27)25-14-20-9-11-21(12-10-20)17-26-15-18(2)13-19(3)16-26/h5-12,18-19H,4,13-17H2,1-3H3,(H,25,27)/t18-,19+. The van der Waals surface area contributed by atoms with Gasteiger partial charge in [0, 0.05) is 26.2 Å². The Hall–Kier alpha value is -2.18. The van der Waals surface area contributed by atoms with Crippen molar-refractivity contribution in [2.75, 3.05) is 18.8 Å². The molecule has 0 radical (unpaired) electrons. The average molecular weight is 429 g/mol. The van der Waals surface area contributed by atoms with Crippen molar-refractivity contribution in [3.63, 3.8) is 0 Å². The number of carbonyl (C=O) groups is 1. The van der Waals surface area contributed by atoms with Gasteiger partial charge in [0.2, 0.25) is 0 Å². The van der Waals surface area contributed by atoms with Crippen LogP contribution in [0.4, 0.5) is 0 Å². The number of rotatable bonds is 7. The minimum atomic E-state index is -3.45. The summed E-state index contributed by atoms with van der Waals surface area (Å²) in [6.45, 7) is 9.80. The van der Waals surface area contributed by atoms with Gasteiger partial charge in [-0.25, -0.2) is 8.42 Å². The third kappa shape index (κ3) is 5.70. The molecule has 0 saturated carbocycles. The van der Waals surface area contributed by atoms with E-state index in [1.165, 1.54) is 18.1 Å². The Kier molecular flexibility index (Phi) is 7.32. The second-order valence-electron chi connectivity index (χ2n) is 8.54. The number of amides is 1. The van der Waals surface area contributed by atoms with Crippen molar-refractivity contribution < 1.29 is 13.2 Å². The minimum absolute atomic E-state index is 0.0344. The number of hydrogen-bond acceptors (Lipinski definition) is 4. The minimum Gasteiger partial charge on any atom is -0.348 e. The van der Waals surface area contributed by atoms with Gasteiger partial charge in [0.25, 0.3) is 5.91 Å². The highest BCUT2D eigenvalue weighted by Gasteiger charge is 2.22. The van der Waals surface area contributed by atoms with Crippen molar-refractivity contribution in [2.24, 2.45) is 11.8 Å². The molecule has 2 aromatic carbocycles. The molecule has 0 aliphatic carbocycles. The van der Waals surface area contributed by atoms with Crippen molar-refractivity contribution in [3.05, 3.63) is 65.2 Å². The molecule has 162 valence electrons. The van der Waals surface area contributed by atoms with Crippen LogP contribution >= 0.6 is 0 Å². The maximum absolute atomic E-state index is 12.6. The normalized spacial score (nSPS) is 20.1. The average Bonchev–Trinajstić information content (AvgIpc) is 2.72. The zero-order chi connectivity index (χ0) is 21.7. The van der Waals surface area contributed by atoms with Gasteiger partial charge in [0.1, 0.15) is 0 Å². The number of nitrogens with one attached hydrogen (secondary N) is 1. The van der Waals surface area contributed by atoms with E-state index in [4.69, 9.17) is 0 Å². The summed E-state index contributed by atoms with van der Waals surface area (Å²) in [6, 6.07) is 14.7. The maximum atomic E-state index is 12.6. The van der Waals surface area contributed by atoms with Gasteiger partial charge in [0.15, 0.2) is 9.84 Å². The number of nitrogens with zero attached hydrogens (tertiary/aromatic N) is 1. The Balaban J connectivity index is 1.60. The van der Waals surface area contributed by atoms with Crippen LogP contribution in [0.1, 0.15) is 48.7 Å². The lowest BCUT2D eigenvalue weighted by atomic mass is 9.91. The largest absolute Gasteiger partial charge is 0.348 e. The summed E-state index contributed by atoms with van der Waals surface area (Å²) in [7, 11) is -3.45. The van der Waals surface area contributed by atoms with E-state index in [-0.39, 0.29) is 22.1 Å². The molecule has 2 aromatic rings. The monoisotopic (exact) mass is 428 g/mol. The lowest BCUT2D eigenvalue weighted by Gasteiger charge is -2.35. The Morgan fingerprint density at radius 2 is 1.60 bits per heavy atom. The molecule has 6 heteroatoms. The lowest BCUT2D eigenvalue weighted by molar-refractivity contribution is 0.0947. The van der Waals surface area contributed by atoms with Crippen molar-refractivity contribution in [1.29, 1.82) is 0 Å². The van der Waals surface area contributed by atoms with Crippen LogP contribution < -0.4 is 5.32 Å². The van der Waals surface area contributed by atoms with Gasteiger partial charge in [-0.05, 0) is 41.5 Å². The molecule has 30 heavy (non-hydrogen) atoms. The van der Waals surface area contributed by atoms with Crippen LogP contribution in [0.3, 0.4) is 0 Å². The first-order valence-corrected chi connectivity index (χ1v) is 12.3. The summed E-state index contributed by atoms with van der Waals surface area (Å²) < 4.78 is 24.5. The zero-order valence-corrected chi connectivity index (χ0v) is 18.9. The SMILES string of the molecule is CCS(=O)(=O)c1ccccc1C(=O)NCc1ccc(CN2C[C@H](C)C[C@H](C)C2)cc1. The molecule has 1 heterocycles. The second-order valence-corrected chi connectivity index (χ2v) is 10.8. The summed E-state index contributed by atoms with van der Waals surface area (Å²) in [6.07, 6.45) is 1.30. The molecule has 2 atom stereocenters. The van der Waals surface area contributed by atoms with E-state index in [1.54, 1.807) is 25.1 Å². The predicted octanol–water partition coefficient (Wildman–Crippen LogP) is 3.89. The number of likely N-dealkylation sites (tertiary alicyclic amines) is 1. The van der Waals surface area contributed by atoms with E-state index in [9.17, 15) is 13.2 Å². The highest BCUT2D eigenvalue weighted by Crippen LogP contribution is 2.22. The van der Waals surface area contributed by atoms with Gasteiger partial charge in [-0.3, -0.25) is 9.69 Å². The molecule has 1 amide bonds. The Bertz CT molecular complexity index is 960. The fraction of sp³-hybridized carbons (Fsp3) is 0.458. The summed E-state index contributed by atoms with van der Waals surface area (Å²) in [5.41, 5.74) is 2.46. The van der Waals surface area contributed by atoms with E-state index in [0.29, 0.717) is 6.54 Å². The molecular weight excluding hydrogens is 396 g/mol. The van der Waals surface area contributed by atoms with Gasteiger partial charge >= 0.3 is 0 Å². The maximum Gasteiger partial charge on any atom is 0.252 e. The number of sulfone groups is 1. The zero-order valence-electron chi connectivity index (χ0n) is 18.1. The van der Waals surface area contributed by atoms with E-state index < -0.39 is 9.84 Å². The number of hydrogen-bond donors (Lipinski definition) is 1. The first-order valence-electron chi connectivity index (χ1n) is 10.7. The van der Waals surface area contributed by atoms with E-state index in [0.717, 1.165) is 37.0 Å². The van der Waals surface area contributed by atoms with Gasteiger partial charge in [-0.15, -0.1) is 0 Å². The van der Waals surface area contributed by atoms with Crippen LogP contribution in [0, 0.1) is 11.8 Å². The third-order valence-electron chi connectivity index (χ3n) is 5.67. The first kappa shape index (κ1) is 22.5. The van der Waals surface area contributed by atoms with Crippen LogP contribution in [-0.4, -0.2) is 38.1 Å². The highest BCUT2D eigenvalue weighted by atomic mass is 32.2. The molecule has 1 saturated heterocycles. The Morgan fingerprint density at radius 3 is 2.23 bits per heavy atom. The highest BCUT2D eigenvalue weighted by molar-refractivity contribution is 7.91. The second kappa shape index (κ2) is 9.75. The smallest absolute Gasteiger partial charge is 0.252 e. The molecule has 1 aliphatic rings. The fourth-order valence-electron chi connectivity index (χ4n) is 4.30. The van der Waals surface area contributed by atoms with Crippen LogP contribution in [0.15, 0.2) is 53.4 Å². The number of piperidine rings is 1. The topological polar surface area (TPSA) is 66.5 Å². The van der Waals surface area contributed by atoms with Crippen LogP contribution in [0.5, 0.6) is 0 Å². The molecule has 5 nitrogen and oxygen atoms in total. The number of carbonyl (C=O) groups excluding carboxylic acids is 1. The van der Waals surface area contributed by atoms with Crippen molar-refractivity contribution >= 4 is 15.7 Å². The lowest BCUT2D eigenvalue weighted by Crippen LogP contribution is -2.38. The Morgan fingerprint density at radius 1 is 1.00 bits per heavy atom. The van der Waals surface area contributed by atoms with Crippen molar-refractivity contribution in [3.8, 4) is 0 Å². The summed E-state index contributed by atoms with van der Waals surface area (Å²) in [4.78, 5) is 15.2. The van der Waals surface area contributed by atoms with Gasteiger partial charge in [-0.1, -0.05) is 57.2 Å². The van der Waals surface area contributed by atoms with Gasteiger partial charge < -0.3 is 5.32 Å². The molecule has 1 fully saturated rings.